The van der Waals surface area contributed by atoms with Crippen LogP contribution >= 0.6 is 0 Å². The van der Waals surface area contributed by atoms with Gasteiger partial charge in [-0.3, -0.25) is 0 Å². The van der Waals surface area contributed by atoms with E-state index >= 15 is 0 Å². The molecule has 1 aliphatic carbocycles. The summed E-state index contributed by atoms with van der Waals surface area (Å²) in [6, 6.07) is 9.75. The molecule has 2 rings (SSSR count). The van der Waals surface area contributed by atoms with Crippen LogP contribution in [0.3, 0.4) is 0 Å². The smallest absolute Gasteiger partial charge is 0.0208 e. The van der Waals surface area contributed by atoms with Crippen LogP contribution in [0.15, 0.2) is 24.3 Å². The summed E-state index contributed by atoms with van der Waals surface area (Å²) >= 11 is 0. The third-order valence-electron chi connectivity index (χ3n) is 4.56. The summed E-state index contributed by atoms with van der Waals surface area (Å²) in [5, 5.41) is 3.70. The molecule has 0 heterocycles. The van der Waals surface area contributed by atoms with Gasteiger partial charge in [0.25, 0.3) is 0 Å². The Balaban J connectivity index is 1.86. The zero-order valence-corrected chi connectivity index (χ0v) is 13.0. The highest BCUT2D eigenvalue weighted by atomic mass is 14.9. The Kier molecular flexibility index (Phi) is 4.67. The van der Waals surface area contributed by atoms with Gasteiger partial charge in [0.2, 0.25) is 0 Å². The Morgan fingerprint density at radius 2 is 1.68 bits per heavy atom. The molecule has 0 spiro atoms. The van der Waals surface area contributed by atoms with Crippen LogP contribution in [0.2, 0.25) is 0 Å². The maximum absolute atomic E-state index is 3.70. The van der Waals surface area contributed by atoms with Crippen molar-refractivity contribution in [3.8, 4) is 0 Å². The van der Waals surface area contributed by atoms with Gasteiger partial charge in [-0.25, -0.2) is 0 Å². The average molecular weight is 259 g/mol. The van der Waals surface area contributed by atoms with E-state index in [1.807, 2.05) is 0 Å². The minimum atomic E-state index is 0.253. The third-order valence-corrected chi connectivity index (χ3v) is 4.56. The molecule has 1 N–H and O–H groups in total. The molecule has 1 aliphatic rings. The highest BCUT2D eigenvalue weighted by molar-refractivity contribution is 5.27. The van der Waals surface area contributed by atoms with Gasteiger partial charge in [0.05, 0.1) is 0 Å². The van der Waals surface area contributed by atoms with E-state index in [9.17, 15) is 0 Å². The summed E-state index contributed by atoms with van der Waals surface area (Å²) in [4.78, 5) is 0. The van der Waals surface area contributed by atoms with Crippen LogP contribution in [0, 0.1) is 5.92 Å². The number of nitrogens with one attached hydrogen (secondary N) is 1. The standard InChI is InChI=1S/C18H29N/c1-14(16-7-5-6-8-16)19-13-15-9-11-17(12-10-15)18(2,3)4/h9-12,14,16,19H,5-8,13H2,1-4H3. The van der Waals surface area contributed by atoms with Gasteiger partial charge in [0.15, 0.2) is 0 Å². The van der Waals surface area contributed by atoms with E-state index in [2.05, 4.69) is 57.3 Å². The fourth-order valence-electron chi connectivity index (χ4n) is 3.03. The molecule has 0 saturated heterocycles. The van der Waals surface area contributed by atoms with E-state index in [0.29, 0.717) is 6.04 Å². The Labute approximate surface area is 118 Å². The minimum absolute atomic E-state index is 0.253. The van der Waals surface area contributed by atoms with Crippen LogP contribution in [0.4, 0.5) is 0 Å². The largest absolute Gasteiger partial charge is 0.310 e. The van der Waals surface area contributed by atoms with Crippen LogP contribution < -0.4 is 5.32 Å². The normalized spacial score (nSPS) is 18.7. The van der Waals surface area contributed by atoms with Crippen LogP contribution in [0.25, 0.3) is 0 Å². The first-order chi connectivity index (χ1) is 8.97. The molecule has 1 fully saturated rings. The lowest BCUT2D eigenvalue weighted by Gasteiger charge is -2.21. The van der Waals surface area contributed by atoms with Gasteiger partial charge in [-0.15, -0.1) is 0 Å². The van der Waals surface area contributed by atoms with Crippen molar-refractivity contribution in [2.24, 2.45) is 5.92 Å². The molecule has 1 aromatic rings. The number of benzene rings is 1. The fraction of sp³-hybridized carbons (Fsp3) is 0.667. The lowest BCUT2D eigenvalue weighted by molar-refractivity contribution is 0.380. The van der Waals surface area contributed by atoms with Gasteiger partial charge in [0.1, 0.15) is 0 Å². The van der Waals surface area contributed by atoms with Crippen molar-refractivity contribution >= 4 is 0 Å². The van der Waals surface area contributed by atoms with Crippen LogP contribution in [-0.2, 0) is 12.0 Å². The summed E-state index contributed by atoms with van der Waals surface area (Å²) < 4.78 is 0. The van der Waals surface area contributed by atoms with Crippen molar-refractivity contribution in [3.63, 3.8) is 0 Å². The minimum Gasteiger partial charge on any atom is -0.310 e. The molecule has 1 saturated carbocycles. The van der Waals surface area contributed by atoms with E-state index in [4.69, 9.17) is 0 Å². The van der Waals surface area contributed by atoms with Gasteiger partial charge >= 0.3 is 0 Å². The van der Waals surface area contributed by atoms with Crippen molar-refractivity contribution in [2.75, 3.05) is 0 Å². The molecular weight excluding hydrogens is 230 g/mol. The van der Waals surface area contributed by atoms with Crippen molar-refractivity contribution in [2.45, 2.75) is 71.4 Å². The molecule has 0 amide bonds. The number of rotatable bonds is 4. The SMILES string of the molecule is CC(NCc1ccc(C(C)(C)C)cc1)C1CCCC1. The third kappa shape index (κ3) is 4.07. The van der Waals surface area contributed by atoms with Gasteiger partial charge in [-0.05, 0) is 42.2 Å². The van der Waals surface area contributed by atoms with Crippen molar-refractivity contribution in [3.05, 3.63) is 35.4 Å². The number of hydrogen-bond acceptors (Lipinski definition) is 1. The summed E-state index contributed by atoms with van der Waals surface area (Å²) in [6.45, 7) is 10.1. The first-order valence-electron chi connectivity index (χ1n) is 7.79. The van der Waals surface area contributed by atoms with E-state index in [1.165, 1.54) is 36.8 Å². The van der Waals surface area contributed by atoms with E-state index in [0.717, 1.165) is 12.5 Å². The summed E-state index contributed by atoms with van der Waals surface area (Å²) in [5.41, 5.74) is 3.07. The second kappa shape index (κ2) is 6.09. The second-order valence-corrected chi connectivity index (χ2v) is 7.16. The lowest BCUT2D eigenvalue weighted by Crippen LogP contribution is -2.31. The molecule has 1 nitrogen and oxygen atoms in total. The fourth-order valence-corrected chi connectivity index (χ4v) is 3.03. The predicted molar refractivity (Wildman–Crippen MR) is 83.4 cm³/mol. The first kappa shape index (κ1) is 14.6. The Bertz CT molecular complexity index is 379. The van der Waals surface area contributed by atoms with Gasteiger partial charge in [0, 0.05) is 12.6 Å². The first-order valence-corrected chi connectivity index (χ1v) is 7.79. The molecule has 19 heavy (non-hydrogen) atoms. The van der Waals surface area contributed by atoms with Crippen molar-refractivity contribution in [1.29, 1.82) is 0 Å². The monoisotopic (exact) mass is 259 g/mol. The molecule has 1 atom stereocenters. The molecule has 1 heteroatoms. The molecule has 1 aromatic carbocycles. The Hall–Kier alpha value is -0.820. The highest BCUT2D eigenvalue weighted by Crippen LogP contribution is 2.27. The van der Waals surface area contributed by atoms with Gasteiger partial charge < -0.3 is 5.32 Å². The zero-order valence-electron chi connectivity index (χ0n) is 13.0. The predicted octanol–water partition coefficient (Wildman–Crippen LogP) is 4.65. The molecule has 0 aromatic heterocycles. The summed E-state index contributed by atoms with van der Waals surface area (Å²) in [6.07, 6.45) is 5.68. The maximum atomic E-state index is 3.70. The van der Waals surface area contributed by atoms with E-state index in [-0.39, 0.29) is 5.41 Å². The molecule has 106 valence electrons. The maximum Gasteiger partial charge on any atom is 0.0208 e. The van der Waals surface area contributed by atoms with E-state index < -0.39 is 0 Å². The van der Waals surface area contributed by atoms with Crippen LogP contribution in [0.5, 0.6) is 0 Å². The van der Waals surface area contributed by atoms with Gasteiger partial charge in [-0.1, -0.05) is 57.9 Å². The average Bonchev–Trinajstić information content (AvgIpc) is 2.89. The Morgan fingerprint density at radius 1 is 1.11 bits per heavy atom. The lowest BCUT2D eigenvalue weighted by atomic mass is 9.87. The topological polar surface area (TPSA) is 12.0 Å². The highest BCUT2D eigenvalue weighted by Gasteiger charge is 2.20. The molecule has 0 radical (unpaired) electrons. The quantitative estimate of drug-likeness (QED) is 0.829. The molecular formula is C18H29N. The Morgan fingerprint density at radius 3 is 2.21 bits per heavy atom. The van der Waals surface area contributed by atoms with E-state index in [1.54, 1.807) is 0 Å². The number of hydrogen-bond donors (Lipinski definition) is 1. The van der Waals surface area contributed by atoms with Crippen molar-refractivity contribution < 1.29 is 0 Å². The molecule has 1 unspecified atom stereocenters. The molecule has 0 bridgehead atoms. The van der Waals surface area contributed by atoms with Crippen LogP contribution in [0.1, 0.15) is 64.5 Å². The van der Waals surface area contributed by atoms with Gasteiger partial charge in [-0.2, -0.15) is 0 Å². The zero-order chi connectivity index (χ0) is 13.9. The molecule has 0 aliphatic heterocycles. The van der Waals surface area contributed by atoms with Crippen LogP contribution in [-0.4, -0.2) is 6.04 Å². The summed E-state index contributed by atoms with van der Waals surface area (Å²) in [7, 11) is 0. The summed E-state index contributed by atoms with van der Waals surface area (Å²) in [5.74, 6) is 0.897. The second-order valence-electron chi connectivity index (χ2n) is 7.16. The van der Waals surface area contributed by atoms with Crippen molar-refractivity contribution in [1.82, 2.24) is 5.32 Å².